The van der Waals surface area contributed by atoms with Crippen LogP contribution in [0.1, 0.15) is 209 Å². The zero-order valence-electron chi connectivity index (χ0n) is 44.0. The van der Waals surface area contributed by atoms with Crippen LogP contribution in [0.4, 0.5) is 0 Å². The predicted octanol–water partition coefficient (Wildman–Crippen LogP) is 9.74. The monoisotopic (exact) mass is 873 g/mol. The van der Waals surface area contributed by atoms with Crippen molar-refractivity contribution in [3.05, 3.63) is 0 Å². The van der Waals surface area contributed by atoms with E-state index >= 15 is 0 Å². The van der Waals surface area contributed by atoms with Gasteiger partial charge in [-0.25, -0.2) is 0 Å². The average molecular weight is 873 g/mol. The van der Waals surface area contributed by atoms with Gasteiger partial charge in [0.2, 0.25) is 35.4 Å². The second kappa shape index (κ2) is 43.5. The van der Waals surface area contributed by atoms with E-state index < -0.39 is 0 Å². The summed E-state index contributed by atoms with van der Waals surface area (Å²) in [5.41, 5.74) is -0.600. The van der Waals surface area contributed by atoms with Gasteiger partial charge in [-0.1, -0.05) is 144 Å². The minimum atomic E-state index is -0.201. The minimum absolute atomic E-state index is 0.116. The molecular weight excluding hydrogens is 769 g/mol. The molecule has 0 fully saturated rings. The van der Waals surface area contributed by atoms with Gasteiger partial charge in [0.25, 0.3) is 0 Å². The first-order valence-electron chi connectivity index (χ1n) is 23.8. The lowest BCUT2D eigenvalue weighted by Crippen LogP contribution is -2.36. The predicted molar refractivity (Wildman–Crippen MR) is 261 cm³/mol. The third-order valence-electron chi connectivity index (χ3n) is 10.9. The topological polar surface area (TPSA) is 175 Å². The molecule has 0 spiro atoms. The number of rotatable bonds is 22. The highest BCUT2D eigenvalue weighted by molar-refractivity contribution is 5.82. The highest BCUT2D eigenvalue weighted by Gasteiger charge is 2.25. The van der Waals surface area contributed by atoms with Crippen LogP contribution in [0.25, 0.3) is 0 Å². The molecule has 6 N–H and O–H groups in total. The third kappa shape index (κ3) is 41.9. The second-order valence-electron chi connectivity index (χ2n) is 17.6. The van der Waals surface area contributed by atoms with Crippen LogP contribution < -0.4 is 31.9 Å². The summed E-state index contributed by atoms with van der Waals surface area (Å²) in [5, 5.41) is 16.8. The molecule has 0 saturated carbocycles. The average Bonchev–Trinajstić information content (AvgIpc) is 3.26. The summed E-state index contributed by atoms with van der Waals surface area (Å²) in [4.78, 5) is 66.5. The summed E-state index contributed by atoms with van der Waals surface area (Å²) in [6, 6.07) is 0. The first kappa shape index (κ1) is 69.5. The summed E-state index contributed by atoms with van der Waals surface area (Å²) in [5.74, 6) is 1.49. The number of hydrogen-bond donors (Lipinski definition) is 6. The van der Waals surface area contributed by atoms with E-state index in [-0.39, 0.29) is 69.4 Å². The lowest BCUT2D eigenvalue weighted by Gasteiger charge is -2.21. The van der Waals surface area contributed by atoms with Gasteiger partial charge in [0.05, 0.1) is 0 Å². The highest BCUT2D eigenvalue weighted by atomic mass is 16.2. The quantitative estimate of drug-likeness (QED) is 0.0591. The van der Waals surface area contributed by atoms with Gasteiger partial charge in [-0.2, -0.15) is 0 Å². The largest absolute Gasteiger partial charge is 0.359 e. The van der Waals surface area contributed by atoms with Crippen LogP contribution in [-0.2, 0) is 28.8 Å². The van der Waals surface area contributed by atoms with Crippen LogP contribution in [0.2, 0.25) is 0 Å². The molecule has 61 heavy (non-hydrogen) atoms. The van der Waals surface area contributed by atoms with Crippen molar-refractivity contribution in [1.29, 1.82) is 0 Å². The van der Waals surface area contributed by atoms with Gasteiger partial charge in [0.1, 0.15) is 0 Å². The van der Waals surface area contributed by atoms with Gasteiger partial charge in [-0.15, -0.1) is 0 Å². The standard InChI is InChI=1S/C10H21NO.2C9H19NO.C8H17NO.C7H15NO.C6H13NO/c1-5-7-8-11-9(12)10(3,4)6-2;1-5-7-10-8(11)9(3,4)6-2;1-4-6-7-10-9(11)8(3)5-2;1-4-6-9-8(10)7(3)5-2;1-5-7(2,3)6(9)8-4;1-4-5(2)6(8)7-3/h5-8H2,1-4H3,(H,11,12);5-7H2,1-4H3,(H,10,11);8H,4-7H2,1-3H3,(H,10,11);7H,4-6H2,1-3H3,(H,9,10);5H2,1-4H3,(H,8,9);5H,4H2,1-3H3,(H,7,8). The molecule has 0 aromatic heterocycles. The molecule has 0 aromatic carbocycles. The fourth-order valence-electron chi connectivity index (χ4n) is 3.70. The maximum Gasteiger partial charge on any atom is 0.225 e. The lowest BCUT2D eigenvalue weighted by molar-refractivity contribution is -0.130. The van der Waals surface area contributed by atoms with Crippen molar-refractivity contribution in [2.45, 2.75) is 209 Å². The Bertz CT molecular complexity index is 1110. The fourth-order valence-corrected chi connectivity index (χ4v) is 3.70. The van der Waals surface area contributed by atoms with Crippen LogP contribution in [0.15, 0.2) is 0 Å². The minimum Gasteiger partial charge on any atom is -0.359 e. The van der Waals surface area contributed by atoms with Crippen LogP contribution in [0.3, 0.4) is 0 Å². The first-order valence-corrected chi connectivity index (χ1v) is 23.8. The first-order chi connectivity index (χ1) is 28.3. The van der Waals surface area contributed by atoms with Crippen molar-refractivity contribution in [3.8, 4) is 0 Å². The Balaban J connectivity index is -0.000000149. The molecule has 0 saturated heterocycles. The molecule has 6 amide bonds. The highest BCUT2D eigenvalue weighted by Crippen LogP contribution is 2.20. The fraction of sp³-hybridized carbons (Fsp3) is 0.878. The second-order valence-corrected chi connectivity index (χ2v) is 17.6. The lowest BCUT2D eigenvalue weighted by atomic mass is 9.89. The number of unbranched alkanes of at least 4 members (excludes halogenated alkanes) is 2. The number of hydrogen-bond acceptors (Lipinski definition) is 6. The van der Waals surface area contributed by atoms with E-state index in [1.165, 1.54) is 0 Å². The van der Waals surface area contributed by atoms with Crippen molar-refractivity contribution in [3.63, 3.8) is 0 Å². The number of nitrogens with one attached hydrogen (secondary N) is 6. The zero-order chi connectivity index (χ0) is 49.3. The Morgan fingerprint density at radius 2 is 0.656 bits per heavy atom. The molecule has 0 radical (unpaired) electrons. The molecule has 3 unspecified atom stereocenters. The van der Waals surface area contributed by atoms with Crippen LogP contribution in [0, 0.1) is 34.0 Å². The van der Waals surface area contributed by atoms with E-state index in [1.807, 2.05) is 104 Å². The summed E-state index contributed by atoms with van der Waals surface area (Å²) in [7, 11) is 3.33. The van der Waals surface area contributed by atoms with Gasteiger partial charge < -0.3 is 31.9 Å². The van der Waals surface area contributed by atoms with Gasteiger partial charge >= 0.3 is 0 Å². The molecule has 12 nitrogen and oxygen atoms in total. The summed E-state index contributed by atoms with van der Waals surface area (Å²) in [6.45, 7) is 41.3. The molecule has 0 aliphatic heterocycles. The molecule has 0 bridgehead atoms. The van der Waals surface area contributed by atoms with Gasteiger partial charge in [-0.05, 0) is 64.2 Å². The van der Waals surface area contributed by atoms with Crippen molar-refractivity contribution in [1.82, 2.24) is 31.9 Å². The third-order valence-corrected chi connectivity index (χ3v) is 10.9. The smallest absolute Gasteiger partial charge is 0.225 e. The normalized spacial score (nSPS) is 12.0. The Kier molecular flexibility index (Phi) is 49.5. The van der Waals surface area contributed by atoms with E-state index in [1.54, 1.807) is 14.1 Å². The molecule has 366 valence electrons. The van der Waals surface area contributed by atoms with E-state index in [0.29, 0.717) is 0 Å². The zero-order valence-corrected chi connectivity index (χ0v) is 44.0. The number of carbonyl (C=O) groups is 6. The Morgan fingerprint density at radius 1 is 0.377 bits per heavy atom. The molecule has 0 aliphatic carbocycles. The Labute approximate surface area is 378 Å². The van der Waals surface area contributed by atoms with Crippen molar-refractivity contribution >= 4 is 35.4 Å². The van der Waals surface area contributed by atoms with E-state index in [9.17, 15) is 28.8 Å². The van der Waals surface area contributed by atoms with Crippen LogP contribution in [0.5, 0.6) is 0 Å². The van der Waals surface area contributed by atoms with Gasteiger partial charge in [0.15, 0.2) is 0 Å². The summed E-state index contributed by atoms with van der Waals surface area (Å²) < 4.78 is 0. The maximum atomic E-state index is 11.5. The van der Waals surface area contributed by atoms with Crippen molar-refractivity contribution in [2.75, 3.05) is 40.3 Å². The number of amides is 6. The van der Waals surface area contributed by atoms with Crippen LogP contribution >= 0.6 is 0 Å². The Hall–Kier alpha value is -3.18. The van der Waals surface area contributed by atoms with Crippen molar-refractivity contribution in [2.24, 2.45) is 34.0 Å². The number of carbonyl (C=O) groups excluding carboxylic acids is 6. The SMILES string of the molecule is CCC(C)(C)C(=O)NC.CCC(C)C(=O)NC.CCCCNC(=O)C(C)(C)CC.CCCCNC(=O)C(C)CC.CCCNC(=O)C(C)(C)CC.CCCNC(=O)C(C)CC. The maximum absolute atomic E-state index is 11.5. The van der Waals surface area contributed by atoms with E-state index in [2.05, 4.69) is 59.6 Å². The van der Waals surface area contributed by atoms with E-state index in [0.717, 1.165) is 103 Å². The van der Waals surface area contributed by atoms with Crippen LogP contribution in [-0.4, -0.2) is 75.7 Å². The molecule has 0 aromatic rings. The van der Waals surface area contributed by atoms with E-state index in [4.69, 9.17) is 0 Å². The summed E-state index contributed by atoms with van der Waals surface area (Å²) >= 11 is 0. The Morgan fingerprint density at radius 3 is 0.902 bits per heavy atom. The van der Waals surface area contributed by atoms with Gasteiger partial charge in [0, 0.05) is 74.3 Å². The molecule has 0 heterocycles. The molecular formula is C49H104N6O6. The molecule has 0 rings (SSSR count). The van der Waals surface area contributed by atoms with Gasteiger partial charge in [-0.3, -0.25) is 28.8 Å². The molecule has 0 aliphatic rings. The molecule has 12 heteroatoms. The van der Waals surface area contributed by atoms with Crippen molar-refractivity contribution < 1.29 is 28.8 Å². The molecule has 3 atom stereocenters. The summed E-state index contributed by atoms with van der Waals surface area (Å²) in [6.07, 6.45) is 11.9.